The van der Waals surface area contributed by atoms with Crippen molar-refractivity contribution in [3.8, 4) is 5.75 Å². The van der Waals surface area contributed by atoms with E-state index in [1.54, 1.807) is 7.11 Å². The second-order valence-electron chi connectivity index (χ2n) is 10.9. The maximum Gasteiger partial charge on any atom is 0.272 e. The number of likely N-dealkylation sites (N-methyl/N-ethyl adjacent to an activating group) is 1. The number of amides is 1. The Balaban J connectivity index is 0.00000323. The van der Waals surface area contributed by atoms with Gasteiger partial charge in [-0.2, -0.15) is 0 Å². The number of carbonyl (C=O) groups is 1. The van der Waals surface area contributed by atoms with Gasteiger partial charge in [0.2, 0.25) is 0 Å². The van der Waals surface area contributed by atoms with Gasteiger partial charge in [-0.15, -0.1) is 12.4 Å². The number of piperazine rings is 1. The van der Waals surface area contributed by atoms with Gasteiger partial charge in [0.15, 0.2) is 5.82 Å². The van der Waals surface area contributed by atoms with Crippen LogP contribution in [0, 0.1) is 13.8 Å². The number of aromatic nitrogens is 2. The Morgan fingerprint density at radius 3 is 2.45 bits per heavy atom. The summed E-state index contributed by atoms with van der Waals surface area (Å²) in [6, 6.07) is 18.9. The third kappa shape index (κ3) is 5.16. The molecule has 0 N–H and O–H groups in total. The van der Waals surface area contributed by atoms with E-state index in [9.17, 15) is 4.79 Å². The Kier molecular flexibility index (Phi) is 8.06. The molecule has 0 atom stereocenters. The van der Waals surface area contributed by atoms with Crippen LogP contribution < -0.4 is 9.64 Å². The number of fused-ring (bicyclic) bond motifs is 2. The second-order valence-corrected chi connectivity index (χ2v) is 10.9. The minimum atomic E-state index is 0. The van der Waals surface area contributed by atoms with E-state index in [0.29, 0.717) is 12.2 Å². The van der Waals surface area contributed by atoms with Gasteiger partial charge >= 0.3 is 0 Å². The van der Waals surface area contributed by atoms with Crippen LogP contribution in [0.5, 0.6) is 5.75 Å². The average Bonchev–Trinajstić information content (AvgIpc) is 3.21. The molecule has 2 aliphatic heterocycles. The summed E-state index contributed by atoms with van der Waals surface area (Å²) in [7, 11) is 3.81. The van der Waals surface area contributed by atoms with Crippen LogP contribution in [0.2, 0.25) is 0 Å². The van der Waals surface area contributed by atoms with Crippen LogP contribution in [0.3, 0.4) is 0 Å². The average molecular weight is 560 g/mol. The lowest BCUT2D eigenvalue weighted by molar-refractivity contribution is 0.0658. The number of anilines is 1. The number of carbonyl (C=O) groups excluding carboxylic acids is 1. The highest BCUT2D eigenvalue weighted by molar-refractivity contribution is 6.01. The van der Waals surface area contributed by atoms with Crippen molar-refractivity contribution in [1.82, 2.24) is 19.4 Å². The number of aryl methyl sites for hydroxylation is 1. The van der Waals surface area contributed by atoms with Gasteiger partial charge in [-0.3, -0.25) is 4.79 Å². The fourth-order valence-corrected chi connectivity index (χ4v) is 5.97. The monoisotopic (exact) mass is 559 g/mol. The summed E-state index contributed by atoms with van der Waals surface area (Å²) in [6.45, 7) is 9.94. The molecule has 1 amide bonds. The lowest BCUT2D eigenvalue weighted by atomic mass is 10.00. The van der Waals surface area contributed by atoms with Crippen molar-refractivity contribution in [2.24, 2.45) is 0 Å². The number of rotatable bonds is 5. The van der Waals surface area contributed by atoms with Crippen molar-refractivity contribution in [1.29, 1.82) is 0 Å². The summed E-state index contributed by atoms with van der Waals surface area (Å²) < 4.78 is 7.87. The summed E-state index contributed by atoms with van der Waals surface area (Å²) in [5.74, 6) is 1.78. The van der Waals surface area contributed by atoms with E-state index in [1.165, 1.54) is 27.9 Å². The lowest BCUT2D eigenvalue weighted by Gasteiger charge is -2.33. The van der Waals surface area contributed by atoms with Gasteiger partial charge in [-0.05, 0) is 67.8 Å². The molecule has 2 aromatic carbocycles. The van der Waals surface area contributed by atoms with Crippen LogP contribution in [-0.2, 0) is 19.5 Å². The predicted octanol–water partition coefficient (Wildman–Crippen LogP) is 5.08. The van der Waals surface area contributed by atoms with Crippen LogP contribution in [0.25, 0.3) is 10.9 Å². The highest BCUT2D eigenvalue weighted by Gasteiger charge is 2.28. The van der Waals surface area contributed by atoms with Crippen molar-refractivity contribution in [3.05, 3.63) is 88.2 Å². The van der Waals surface area contributed by atoms with Crippen molar-refractivity contribution >= 4 is 35.0 Å². The molecule has 210 valence electrons. The van der Waals surface area contributed by atoms with Gasteiger partial charge in [0.05, 0.1) is 12.6 Å². The first-order valence-electron chi connectivity index (χ1n) is 13.9. The van der Waals surface area contributed by atoms with Gasteiger partial charge in [0.1, 0.15) is 11.4 Å². The summed E-state index contributed by atoms with van der Waals surface area (Å²) in [5, 5.41) is 1.11. The van der Waals surface area contributed by atoms with Gasteiger partial charge in [0, 0.05) is 56.9 Å². The first-order chi connectivity index (χ1) is 18.9. The molecule has 0 saturated carbocycles. The first-order valence-corrected chi connectivity index (χ1v) is 13.9. The Morgan fingerprint density at radius 2 is 1.70 bits per heavy atom. The molecule has 40 heavy (non-hydrogen) atoms. The zero-order valence-corrected chi connectivity index (χ0v) is 24.6. The molecule has 0 aliphatic carbocycles. The minimum Gasteiger partial charge on any atom is -0.497 e. The van der Waals surface area contributed by atoms with Crippen LogP contribution in [0.15, 0.2) is 54.6 Å². The molecule has 7 nitrogen and oxygen atoms in total. The quantitative estimate of drug-likeness (QED) is 0.341. The largest absolute Gasteiger partial charge is 0.497 e. The summed E-state index contributed by atoms with van der Waals surface area (Å²) >= 11 is 0. The van der Waals surface area contributed by atoms with Crippen molar-refractivity contribution in [2.75, 3.05) is 51.8 Å². The Labute approximate surface area is 242 Å². The maximum atomic E-state index is 13.8. The number of nitrogens with zero attached hydrogens (tertiary/aromatic N) is 5. The van der Waals surface area contributed by atoms with E-state index in [0.717, 1.165) is 68.2 Å². The highest BCUT2D eigenvalue weighted by atomic mass is 35.5. The molecule has 0 bridgehead atoms. The van der Waals surface area contributed by atoms with Crippen LogP contribution >= 0.6 is 12.4 Å². The molecular weight excluding hydrogens is 522 g/mol. The number of hydrogen-bond donors (Lipinski definition) is 0. The van der Waals surface area contributed by atoms with Gasteiger partial charge in [-0.1, -0.05) is 36.4 Å². The Hall–Kier alpha value is -3.55. The highest BCUT2D eigenvalue weighted by Crippen LogP contribution is 2.36. The number of pyridine rings is 1. The van der Waals surface area contributed by atoms with Gasteiger partial charge < -0.3 is 24.0 Å². The van der Waals surface area contributed by atoms with Crippen LogP contribution in [0.1, 0.15) is 38.4 Å². The van der Waals surface area contributed by atoms with Gasteiger partial charge in [0.25, 0.3) is 5.91 Å². The fraction of sp³-hybridized carbons (Fsp3) is 0.375. The molecule has 0 radical (unpaired) electrons. The zero-order chi connectivity index (χ0) is 27.1. The predicted molar refractivity (Wildman–Crippen MR) is 163 cm³/mol. The number of ether oxygens (including phenoxy) is 1. The maximum absolute atomic E-state index is 13.8. The zero-order valence-electron chi connectivity index (χ0n) is 23.8. The molecular formula is C32H38ClN5O2. The van der Waals surface area contributed by atoms with E-state index >= 15 is 0 Å². The number of methoxy groups -OCH3 is 1. The van der Waals surface area contributed by atoms with Gasteiger partial charge in [-0.25, -0.2) is 4.98 Å². The summed E-state index contributed by atoms with van der Waals surface area (Å²) in [5.41, 5.74) is 7.92. The molecule has 2 aromatic heterocycles. The lowest BCUT2D eigenvalue weighted by Crippen LogP contribution is -2.47. The molecule has 0 spiro atoms. The van der Waals surface area contributed by atoms with Crippen LogP contribution in [-0.4, -0.2) is 72.1 Å². The molecule has 2 aliphatic rings. The van der Waals surface area contributed by atoms with E-state index < -0.39 is 0 Å². The first kappa shape index (κ1) is 28.0. The number of hydrogen-bond acceptors (Lipinski definition) is 5. The molecule has 4 aromatic rings. The topological polar surface area (TPSA) is 53.8 Å². The van der Waals surface area contributed by atoms with Crippen LogP contribution in [0.4, 0.5) is 5.82 Å². The summed E-state index contributed by atoms with van der Waals surface area (Å²) in [6.07, 6.45) is 0.963. The molecule has 8 heteroatoms. The normalized spacial score (nSPS) is 15.6. The Morgan fingerprint density at radius 1 is 0.950 bits per heavy atom. The number of benzene rings is 2. The molecule has 1 fully saturated rings. The molecule has 1 saturated heterocycles. The SMILES string of the molecule is COc1cccc(Cn2c(C)c(C)c3cc(C(=O)N4CCN(C)CC4)nc(N4CCc5ccccc5C4)c32)c1.Cl. The Bertz CT molecular complexity index is 1540. The summed E-state index contributed by atoms with van der Waals surface area (Å²) in [4.78, 5) is 25.5. The molecule has 4 heterocycles. The van der Waals surface area contributed by atoms with Crippen molar-refractivity contribution in [2.45, 2.75) is 33.4 Å². The van der Waals surface area contributed by atoms with Crippen molar-refractivity contribution < 1.29 is 9.53 Å². The van der Waals surface area contributed by atoms with E-state index in [2.05, 4.69) is 71.7 Å². The molecule has 6 rings (SSSR count). The van der Waals surface area contributed by atoms with E-state index in [-0.39, 0.29) is 18.3 Å². The second kappa shape index (κ2) is 11.5. The standard InChI is InChI=1S/C32H37N5O2.ClH/c1-22-23(2)37(20-24-8-7-11-27(18-24)39-4)30-28(22)19-29(32(38)35-16-14-34(3)15-17-35)33-31(30)36-13-12-25-9-5-6-10-26(25)21-36;/h5-11,18-19H,12-17,20-21H2,1-4H3;1H. The smallest absolute Gasteiger partial charge is 0.272 e. The van der Waals surface area contributed by atoms with E-state index in [1.807, 2.05) is 23.1 Å². The van der Waals surface area contributed by atoms with E-state index in [4.69, 9.17) is 9.72 Å². The third-order valence-corrected chi connectivity index (χ3v) is 8.51. The number of halogens is 1. The minimum absolute atomic E-state index is 0. The third-order valence-electron chi connectivity index (χ3n) is 8.51. The van der Waals surface area contributed by atoms with Crippen molar-refractivity contribution in [3.63, 3.8) is 0 Å². The fourth-order valence-electron chi connectivity index (χ4n) is 5.97. The molecule has 0 unspecified atom stereocenters.